The Morgan fingerprint density at radius 2 is 1.57 bits per heavy atom. The van der Waals surface area contributed by atoms with E-state index in [2.05, 4.69) is 32.9 Å². The van der Waals surface area contributed by atoms with Gasteiger partial charge in [-0.2, -0.15) is 0 Å². The van der Waals surface area contributed by atoms with Crippen molar-refractivity contribution in [1.29, 1.82) is 0 Å². The molecule has 78 valence electrons. The van der Waals surface area contributed by atoms with E-state index in [0.29, 0.717) is 5.92 Å². The summed E-state index contributed by atoms with van der Waals surface area (Å²) in [6, 6.07) is 8.17. The molecule has 1 atom stereocenters. The molecule has 0 fully saturated rings. The Morgan fingerprint density at radius 1 is 1.07 bits per heavy atom. The molecule has 0 saturated carbocycles. The monoisotopic (exact) mass is 192 g/mol. The predicted molar refractivity (Wildman–Crippen MR) is 60.2 cm³/mol. The Labute approximate surface area is 86.8 Å². The summed E-state index contributed by atoms with van der Waals surface area (Å²) < 4.78 is 0. The molecule has 1 unspecified atom stereocenters. The van der Waals surface area contributed by atoms with E-state index in [-0.39, 0.29) is 6.10 Å². The SMILES string of the molecule is CCC(CC)C(O)c1ccc(C)cc1. The lowest BCUT2D eigenvalue weighted by atomic mass is 9.91. The van der Waals surface area contributed by atoms with E-state index in [1.165, 1.54) is 5.56 Å². The van der Waals surface area contributed by atoms with Crippen molar-refractivity contribution in [3.05, 3.63) is 35.4 Å². The average molecular weight is 192 g/mol. The fourth-order valence-corrected chi connectivity index (χ4v) is 1.77. The van der Waals surface area contributed by atoms with Crippen LogP contribution in [0.25, 0.3) is 0 Å². The first-order chi connectivity index (χ1) is 6.69. The molecule has 0 radical (unpaired) electrons. The van der Waals surface area contributed by atoms with Crippen LogP contribution < -0.4 is 0 Å². The molecular weight excluding hydrogens is 172 g/mol. The average Bonchev–Trinajstić information content (AvgIpc) is 2.20. The Morgan fingerprint density at radius 3 is 2.00 bits per heavy atom. The Hall–Kier alpha value is -0.820. The molecule has 0 aliphatic heterocycles. The van der Waals surface area contributed by atoms with E-state index in [0.717, 1.165) is 18.4 Å². The van der Waals surface area contributed by atoms with Gasteiger partial charge < -0.3 is 5.11 Å². The van der Waals surface area contributed by atoms with Gasteiger partial charge in [0.15, 0.2) is 0 Å². The molecule has 1 aromatic carbocycles. The van der Waals surface area contributed by atoms with Crippen LogP contribution in [0.5, 0.6) is 0 Å². The fraction of sp³-hybridized carbons (Fsp3) is 0.538. The van der Waals surface area contributed by atoms with Crippen LogP contribution in [0.15, 0.2) is 24.3 Å². The smallest absolute Gasteiger partial charge is 0.0818 e. The third kappa shape index (κ3) is 2.58. The number of hydrogen-bond acceptors (Lipinski definition) is 1. The van der Waals surface area contributed by atoms with Crippen molar-refractivity contribution < 1.29 is 5.11 Å². The molecule has 0 aliphatic carbocycles. The van der Waals surface area contributed by atoms with E-state index in [1.807, 2.05) is 12.1 Å². The lowest BCUT2D eigenvalue weighted by molar-refractivity contribution is 0.103. The van der Waals surface area contributed by atoms with E-state index in [9.17, 15) is 5.11 Å². The van der Waals surface area contributed by atoms with Crippen molar-refractivity contribution in [2.24, 2.45) is 5.92 Å². The maximum atomic E-state index is 10.1. The molecule has 1 aromatic rings. The third-order valence-electron chi connectivity index (χ3n) is 2.91. The molecule has 0 spiro atoms. The molecule has 1 rings (SSSR count). The van der Waals surface area contributed by atoms with Gasteiger partial charge in [-0.15, -0.1) is 0 Å². The van der Waals surface area contributed by atoms with Crippen LogP contribution >= 0.6 is 0 Å². The van der Waals surface area contributed by atoms with Gasteiger partial charge >= 0.3 is 0 Å². The van der Waals surface area contributed by atoms with Crippen LogP contribution in [0.1, 0.15) is 43.9 Å². The molecule has 1 N–H and O–H groups in total. The number of aliphatic hydroxyl groups excluding tert-OH is 1. The van der Waals surface area contributed by atoms with E-state index >= 15 is 0 Å². The van der Waals surface area contributed by atoms with Crippen LogP contribution in [0, 0.1) is 12.8 Å². The van der Waals surface area contributed by atoms with Gasteiger partial charge in [0.1, 0.15) is 0 Å². The number of aliphatic hydroxyl groups is 1. The van der Waals surface area contributed by atoms with Crippen LogP contribution in [-0.2, 0) is 0 Å². The van der Waals surface area contributed by atoms with Gasteiger partial charge in [0.05, 0.1) is 6.10 Å². The van der Waals surface area contributed by atoms with Crippen molar-refractivity contribution in [2.75, 3.05) is 0 Å². The molecule has 0 aliphatic rings. The zero-order valence-electron chi connectivity index (χ0n) is 9.33. The van der Waals surface area contributed by atoms with Crippen LogP contribution in [0.2, 0.25) is 0 Å². The fourth-order valence-electron chi connectivity index (χ4n) is 1.77. The summed E-state index contributed by atoms with van der Waals surface area (Å²) in [6.45, 7) is 6.32. The van der Waals surface area contributed by atoms with Gasteiger partial charge in [0, 0.05) is 0 Å². The maximum absolute atomic E-state index is 10.1. The molecule has 0 aromatic heterocycles. The second-order valence-corrected chi connectivity index (χ2v) is 3.93. The Bertz CT molecular complexity index is 259. The minimum absolute atomic E-state index is 0.300. The topological polar surface area (TPSA) is 20.2 Å². The van der Waals surface area contributed by atoms with Crippen molar-refractivity contribution in [3.8, 4) is 0 Å². The molecule has 1 nitrogen and oxygen atoms in total. The summed E-state index contributed by atoms with van der Waals surface area (Å²) in [5.74, 6) is 0.387. The molecule has 0 heterocycles. The normalized spacial score (nSPS) is 13.2. The first-order valence-electron chi connectivity index (χ1n) is 5.43. The van der Waals surface area contributed by atoms with Crippen LogP contribution in [0.4, 0.5) is 0 Å². The number of hydrogen-bond donors (Lipinski definition) is 1. The zero-order chi connectivity index (χ0) is 10.6. The molecular formula is C13H20O. The van der Waals surface area contributed by atoms with Crippen molar-refractivity contribution in [1.82, 2.24) is 0 Å². The quantitative estimate of drug-likeness (QED) is 0.774. The van der Waals surface area contributed by atoms with Crippen LogP contribution in [0.3, 0.4) is 0 Å². The highest BCUT2D eigenvalue weighted by Crippen LogP contribution is 2.26. The largest absolute Gasteiger partial charge is 0.388 e. The summed E-state index contributed by atoms with van der Waals surface area (Å²) in [4.78, 5) is 0. The molecule has 1 heteroatoms. The van der Waals surface area contributed by atoms with Crippen molar-refractivity contribution >= 4 is 0 Å². The summed E-state index contributed by atoms with van der Waals surface area (Å²) >= 11 is 0. The Balaban J connectivity index is 2.77. The van der Waals surface area contributed by atoms with Gasteiger partial charge in [-0.25, -0.2) is 0 Å². The molecule has 0 bridgehead atoms. The predicted octanol–water partition coefficient (Wildman–Crippen LogP) is 3.46. The first-order valence-corrected chi connectivity index (χ1v) is 5.43. The standard InChI is InChI=1S/C13H20O/c1-4-11(5-2)13(14)12-8-6-10(3)7-9-12/h6-9,11,13-14H,4-5H2,1-3H3. The lowest BCUT2D eigenvalue weighted by Gasteiger charge is -2.20. The molecule has 14 heavy (non-hydrogen) atoms. The van der Waals surface area contributed by atoms with Crippen molar-refractivity contribution in [3.63, 3.8) is 0 Å². The maximum Gasteiger partial charge on any atom is 0.0818 e. The summed E-state index contributed by atoms with van der Waals surface area (Å²) in [6.07, 6.45) is 1.77. The molecule has 0 saturated heterocycles. The molecule has 0 amide bonds. The summed E-state index contributed by atoms with van der Waals surface area (Å²) in [7, 11) is 0. The number of aryl methyl sites for hydroxylation is 1. The highest BCUT2D eigenvalue weighted by molar-refractivity contribution is 5.23. The number of rotatable bonds is 4. The van der Waals surface area contributed by atoms with Crippen LogP contribution in [-0.4, -0.2) is 5.11 Å². The number of benzene rings is 1. The lowest BCUT2D eigenvalue weighted by Crippen LogP contribution is -2.10. The van der Waals surface area contributed by atoms with Gasteiger partial charge in [-0.1, -0.05) is 56.5 Å². The second kappa shape index (κ2) is 5.16. The van der Waals surface area contributed by atoms with Crippen molar-refractivity contribution in [2.45, 2.75) is 39.7 Å². The first kappa shape index (κ1) is 11.3. The Kier molecular flexibility index (Phi) is 4.15. The highest BCUT2D eigenvalue weighted by Gasteiger charge is 2.16. The zero-order valence-corrected chi connectivity index (χ0v) is 9.33. The third-order valence-corrected chi connectivity index (χ3v) is 2.91. The van der Waals surface area contributed by atoms with Gasteiger partial charge in [-0.3, -0.25) is 0 Å². The minimum atomic E-state index is -0.300. The highest BCUT2D eigenvalue weighted by atomic mass is 16.3. The summed E-state index contributed by atoms with van der Waals surface area (Å²) in [5.41, 5.74) is 2.29. The van der Waals surface area contributed by atoms with E-state index < -0.39 is 0 Å². The minimum Gasteiger partial charge on any atom is -0.388 e. The van der Waals surface area contributed by atoms with E-state index in [4.69, 9.17) is 0 Å². The summed E-state index contributed by atoms with van der Waals surface area (Å²) in [5, 5.41) is 10.1. The van der Waals surface area contributed by atoms with Gasteiger partial charge in [0.25, 0.3) is 0 Å². The van der Waals surface area contributed by atoms with Gasteiger partial charge in [0.2, 0.25) is 0 Å². The van der Waals surface area contributed by atoms with Gasteiger partial charge in [-0.05, 0) is 18.4 Å². The second-order valence-electron chi connectivity index (χ2n) is 3.93. The van der Waals surface area contributed by atoms with E-state index in [1.54, 1.807) is 0 Å².